The van der Waals surface area contributed by atoms with Gasteiger partial charge in [-0.1, -0.05) is 18.2 Å². The summed E-state index contributed by atoms with van der Waals surface area (Å²) in [4.78, 5) is 3.23. The molecule has 0 amide bonds. The van der Waals surface area contributed by atoms with Crippen molar-refractivity contribution in [2.24, 2.45) is 5.10 Å². The third-order valence-corrected chi connectivity index (χ3v) is 3.65. The van der Waals surface area contributed by atoms with Crippen LogP contribution in [0.25, 0.3) is 16.9 Å². The summed E-state index contributed by atoms with van der Waals surface area (Å²) in [5.74, 6) is 0.562. The van der Waals surface area contributed by atoms with E-state index < -0.39 is 0 Å². The maximum absolute atomic E-state index is 4.47. The molecule has 7 heteroatoms. The molecule has 23 heavy (non-hydrogen) atoms. The Hall–Kier alpha value is -3.22. The van der Waals surface area contributed by atoms with Crippen LogP contribution in [0.15, 0.2) is 48.0 Å². The van der Waals surface area contributed by atoms with Crippen molar-refractivity contribution in [2.45, 2.75) is 13.8 Å². The SMILES string of the molecule is Cc1cc(C)n(-c2nncn2N=Cc2c[nH]c3ccccc23)n1. The van der Waals surface area contributed by atoms with Gasteiger partial charge in [-0.05, 0) is 26.0 Å². The molecule has 0 aliphatic rings. The van der Waals surface area contributed by atoms with Crippen LogP contribution >= 0.6 is 0 Å². The van der Waals surface area contributed by atoms with Gasteiger partial charge < -0.3 is 4.98 Å². The van der Waals surface area contributed by atoms with E-state index in [-0.39, 0.29) is 0 Å². The van der Waals surface area contributed by atoms with Gasteiger partial charge in [-0.25, -0.2) is 4.68 Å². The number of rotatable bonds is 3. The topological polar surface area (TPSA) is 76.7 Å². The molecule has 0 spiro atoms. The van der Waals surface area contributed by atoms with Gasteiger partial charge in [0.1, 0.15) is 6.33 Å². The van der Waals surface area contributed by atoms with Crippen LogP contribution in [0, 0.1) is 13.8 Å². The highest BCUT2D eigenvalue weighted by Crippen LogP contribution is 2.16. The minimum Gasteiger partial charge on any atom is -0.361 e. The first kappa shape index (κ1) is 13.4. The van der Waals surface area contributed by atoms with Gasteiger partial charge in [0.15, 0.2) is 0 Å². The number of para-hydroxylation sites is 1. The van der Waals surface area contributed by atoms with E-state index in [0.717, 1.165) is 27.9 Å². The maximum Gasteiger partial charge on any atom is 0.273 e. The first-order valence-corrected chi connectivity index (χ1v) is 7.26. The molecular formula is C16H15N7. The van der Waals surface area contributed by atoms with E-state index in [2.05, 4.69) is 31.4 Å². The number of hydrogen-bond donors (Lipinski definition) is 1. The number of aromatic amines is 1. The molecule has 4 aromatic rings. The van der Waals surface area contributed by atoms with Crippen molar-refractivity contribution in [3.05, 3.63) is 59.8 Å². The summed E-state index contributed by atoms with van der Waals surface area (Å²) >= 11 is 0. The number of nitrogens with one attached hydrogen (secondary N) is 1. The largest absolute Gasteiger partial charge is 0.361 e. The molecule has 1 aromatic carbocycles. The molecule has 0 atom stereocenters. The van der Waals surface area contributed by atoms with E-state index in [1.165, 1.54) is 0 Å². The lowest BCUT2D eigenvalue weighted by atomic mass is 10.2. The summed E-state index contributed by atoms with van der Waals surface area (Å²) in [5, 5.41) is 18.1. The van der Waals surface area contributed by atoms with Crippen LogP contribution in [0.4, 0.5) is 0 Å². The van der Waals surface area contributed by atoms with E-state index in [4.69, 9.17) is 0 Å². The van der Waals surface area contributed by atoms with Crippen LogP contribution in [0.1, 0.15) is 17.0 Å². The lowest BCUT2D eigenvalue weighted by Gasteiger charge is -2.02. The van der Waals surface area contributed by atoms with Crippen LogP contribution in [-0.4, -0.2) is 35.9 Å². The zero-order valence-electron chi connectivity index (χ0n) is 12.8. The van der Waals surface area contributed by atoms with Gasteiger partial charge in [-0.2, -0.15) is 14.9 Å². The van der Waals surface area contributed by atoms with E-state index >= 15 is 0 Å². The number of nitrogens with zero attached hydrogens (tertiary/aromatic N) is 6. The second-order valence-electron chi connectivity index (χ2n) is 5.35. The monoisotopic (exact) mass is 305 g/mol. The highest BCUT2D eigenvalue weighted by molar-refractivity contribution is 5.98. The van der Waals surface area contributed by atoms with Crippen LogP contribution in [-0.2, 0) is 0 Å². The lowest BCUT2D eigenvalue weighted by molar-refractivity contribution is 0.717. The number of aryl methyl sites for hydroxylation is 2. The molecule has 4 rings (SSSR count). The highest BCUT2D eigenvalue weighted by atomic mass is 15.5. The van der Waals surface area contributed by atoms with Gasteiger partial charge >= 0.3 is 0 Å². The molecule has 1 N–H and O–H groups in total. The van der Waals surface area contributed by atoms with Crippen molar-refractivity contribution in [3.63, 3.8) is 0 Å². The molecule has 7 nitrogen and oxygen atoms in total. The average molecular weight is 305 g/mol. The van der Waals surface area contributed by atoms with Crippen molar-refractivity contribution < 1.29 is 0 Å². The van der Waals surface area contributed by atoms with Gasteiger partial charge in [0.2, 0.25) is 0 Å². The molecule has 0 fully saturated rings. The van der Waals surface area contributed by atoms with Crippen LogP contribution < -0.4 is 0 Å². The Morgan fingerprint density at radius 2 is 2.09 bits per heavy atom. The van der Waals surface area contributed by atoms with Crippen molar-refractivity contribution in [2.75, 3.05) is 0 Å². The summed E-state index contributed by atoms with van der Waals surface area (Å²) in [6.45, 7) is 3.92. The molecule has 3 aromatic heterocycles. The predicted molar refractivity (Wildman–Crippen MR) is 87.9 cm³/mol. The molecule has 0 radical (unpaired) electrons. The Balaban J connectivity index is 1.73. The van der Waals surface area contributed by atoms with Crippen molar-refractivity contribution >= 4 is 17.1 Å². The summed E-state index contributed by atoms with van der Waals surface area (Å²) in [5.41, 5.74) is 4.00. The second kappa shape index (κ2) is 5.20. The zero-order chi connectivity index (χ0) is 15.8. The molecule has 0 unspecified atom stereocenters. The van der Waals surface area contributed by atoms with E-state index in [1.54, 1.807) is 21.9 Å². The van der Waals surface area contributed by atoms with E-state index in [9.17, 15) is 0 Å². The highest BCUT2D eigenvalue weighted by Gasteiger charge is 2.10. The number of hydrogen-bond acceptors (Lipinski definition) is 4. The zero-order valence-corrected chi connectivity index (χ0v) is 12.8. The van der Waals surface area contributed by atoms with Gasteiger partial charge in [0.05, 0.1) is 11.9 Å². The smallest absolute Gasteiger partial charge is 0.273 e. The lowest BCUT2D eigenvalue weighted by Crippen LogP contribution is -2.06. The molecule has 0 bridgehead atoms. The standard InChI is InChI=1S/C16H15N7/c1-11-7-12(2)23(21-11)16-20-18-10-22(16)19-9-13-8-17-15-6-4-3-5-14(13)15/h3-10,17H,1-2H3. The third kappa shape index (κ3) is 2.32. The maximum atomic E-state index is 4.47. The molecule has 0 saturated carbocycles. The van der Waals surface area contributed by atoms with Crippen molar-refractivity contribution in [3.8, 4) is 5.95 Å². The van der Waals surface area contributed by atoms with Gasteiger partial charge in [-0.15, -0.1) is 10.2 Å². The van der Waals surface area contributed by atoms with E-state index in [1.807, 2.05) is 44.3 Å². The first-order chi connectivity index (χ1) is 11.2. The van der Waals surface area contributed by atoms with Crippen LogP contribution in [0.3, 0.4) is 0 Å². The second-order valence-corrected chi connectivity index (χ2v) is 5.35. The Morgan fingerprint density at radius 3 is 2.91 bits per heavy atom. The minimum atomic E-state index is 0.562. The van der Waals surface area contributed by atoms with E-state index in [0.29, 0.717) is 5.95 Å². The van der Waals surface area contributed by atoms with Gasteiger partial charge in [0.25, 0.3) is 5.95 Å². The molecule has 3 heterocycles. The minimum absolute atomic E-state index is 0.562. The number of benzene rings is 1. The molecular weight excluding hydrogens is 290 g/mol. The number of fused-ring (bicyclic) bond motifs is 1. The predicted octanol–water partition coefficient (Wildman–Crippen LogP) is 2.44. The normalized spacial score (nSPS) is 11.7. The fourth-order valence-electron chi connectivity index (χ4n) is 2.60. The molecule has 0 saturated heterocycles. The Kier molecular flexibility index (Phi) is 3.04. The summed E-state index contributed by atoms with van der Waals surface area (Å²) < 4.78 is 3.34. The number of H-pyrrole nitrogens is 1. The van der Waals surface area contributed by atoms with Crippen LogP contribution in [0.5, 0.6) is 0 Å². The fraction of sp³-hybridized carbons (Fsp3) is 0.125. The first-order valence-electron chi connectivity index (χ1n) is 7.26. The number of aromatic nitrogens is 6. The summed E-state index contributed by atoms with van der Waals surface area (Å²) in [6.07, 6.45) is 5.29. The van der Waals surface area contributed by atoms with Gasteiger partial charge in [0, 0.05) is 28.4 Å². The Labute approximate surface area is 132 Å². The Morgan fingerprint density at radius 1 is 1.22 bits per heavy atom. The van der Waals surface area contributed by atoms with Crippen molar-refractivity contribution in [1.82, 2.24) is 29.6 Å². The van der Waals surface area contributed by atoms with Crippen LogP contribution in [0.2, 0.25) is 0 Å². The molecule has 0 aliphatic carbocycles. The summed E-state index contributed by atoms with van der Waals surface area (Å²) in [7, 11) is 0. The summed E-state index contributed by atoms with van der Waals surface area (Å²) in [6, 6.07) is 10.1. The Bertz CT molecular complexity index is 1000. The molecule has 114 valence electrons. The van der Waals surface area contributed by atoms with Crippen molar-refractivity contribution in [1.29, 1.82) is 0 Å². The average Bonchev–Trinajstić information content (AvgIpc) is 3.23. The quantitative estimate of drug-likeness (QED) is 0.591. The third-order valence-electron chi connectivity index (χ3n) is 3.65. The fourth-order valence-corrected chi connectivity index (χ4v) is 2.60. The van der Waals surface area contributed by atoms with Gasteiger partial charge in [-0.3, -0.25) is 0 Å². The molecule has 0 aliphatic heterocycles.